The van der Waals surface area contributed by atoms with E-state index in [9.17, 15) is 10.2 Å². The normalized spacial score (nSPS) is 16.4. The molecule has 5 nitrogen and oxygen atoms in total. The molecule has 0 saturated carbocycles. The molecule has 0 saturated heterocycles. The summed E-state index contributed by atoms with van der Waals surface area (Å²) in [6.45, 7) is 1.65. The van der Waals surface area contributed by atoms with Gasteiger partial charge in [-0.1, -0.05) is 6.92 Å². The zero-order chi connectivity index (χ0) is 13.2. The average Bonchev–Trinajstić information content (AvgIpc) is 2.44. The van der Waals surface area contributed by atoms with Crippen molar-refractivity contribution in [2.24, 2.45) is 5.92 Å². The molecule has 0 amide bonds. The molecule has 0 spiro atoms. The molecule has 2 heterocycles. The van der Waals surface area contributed by atoms with Gasteiger partial charge < -0.3 is 10.2 Å². The Bertz CT molecular complexity index is 547. The SMILES string of the molecule is CNC(O)(c1cnc2ncccc2c1)C(C)CO. The van der Waals surface area contributed by atoms with Crippen LogP contribution in [0.4, 0.5) is 0 Å². The average molecular weight is 247 g/mol. The monoisotopic (exact) mass is 247 g/mol. The van der Waals surface area contributed by atoms with E-state index in [2.05, 4.69) is 15.3 Å². The highest BCUT2D eigenvalue weighted by molar-refractivity contribution is 5.74. The van der Waals surface area contributed by atoms with Crippen LogP contribution in [0.15, 0.2) is 30.6 Å². The van der Waals surface area contributed by atoms with Crippen LogP contribution >= 0.6 is 0 Å². The summed E-state index contributed by atoms with van der Waals surface area (Å²) < 4.78 is 0. The Hall–Kier alpha value is -1.56. The first-order chi connectivity index (χ1) is 8.61. The van der Waals surface area contributed by atoms with Gasteiger partial charge in [-0.05, 0) is 25.2 Å². The highest BCUT2D eigenvalue weighted by atomic mass is 16.3. The summed E-state index contributed by atoms with van der Waals surface area (Å²) in [5.74, 6) is -0.349. The van der Waals surface area contributed by atoms with Crippen LogP contribution in [-0.4, -0.2) is 33.8 Å². The summed E-state index contributed by atoms with van der Waals surface area (Å²) in [5, 5.41) is 23.5. The van der Waals surface area contributed by atoms with Crippen molar-refractivity contribution in [1.29, 1.82) is 0 Å². The Kier molecular flexibility index (Phi) is 3.56. The van der Waals surface area contributed by atoms with Gasteiger partial charge in [0.05, 0.1) is 6.61 Å². The standard InChI is InChI=1S/C13H17N3O2/c1-9(8-17)13(18,14-2)11-6-10-4-3-5-15-12(10)16-7-11/h3-7,9,14,17-18H,8H2,1-2H3. The molecule has 3 N–H and O–H groups in total. The first kappa shape index (κ1) is 12.9. The van der Waals surface area contributed by atoms with Gasteiger partial charge in [-0.3, -0.25) is 5.32 Å². The summed E-state index contributed by atoms with van der Waals surface area (Å²) >= 11 is 0. The number of hydrogen-bond acceptors (Lipinski definition) is 5. The maximum atomic E-state index is 10.6. The molecule has 0 fully saturated rings. The minimum Gasteiger partial charge on any atom is -0.396 e. The number of aliphatic hydroxyl groups is 2. The summed E-state index contributed by atoms with van der Waals surface area (Å²) in [6, 6.07) is 5.54. The first-order valence-corrected chi connectivity index (χ1v) is 5.85. The van der Waals surface area contributed by atoms with Gasteiger partial charge in [0.15, 0.2) is 5.65 Å². The van der Waals surface area contributed by atoms with E-state index >= 15 is 0 Å². The molecule has 0 aliphatic carbocycles. The van der Waals surface area contributed by atoms with Gasteiger partial charge in [-0.15, -0.1) is 0 Å². The number of nitrogens with zero attached hydrogens (tertiary/aromatic N) is 2. The second kappa shape index (κ2) is 4.97. The van der Waals surface area contributed by atoms with Crippen molar-refractivity contribution >= 4 is 11.0 Å². The highest BCUT2D eigenvalue weighted by Gasteiger charge is 2.34. The Morgan fingerprint density at radius 1 is 1.44 bits per heavy atom. The maximum Gasteiger partial charge on any atom is 0.159 e. The fourth-order valence-electron chi connectivity index (χ4n) is 1.98. The molecule has 96 valence electrons. The van der Waals surface area contributed by atoms with E-state index in [4.69, 9.17) is 0 Å². The van der Waals surface area contributed by atoms with Crippen LogP contribution in [0.3, 0.4) is 0 Å². The van der Waals surface area contributed by atoms with Crippen LogP contribution in [0.25, 0.3) is 11.0 Å². The zero-order valence-electron chi connectivity index (χ0n) is 10.5. The predicted octanol–water partition coefficient (Wildman–Crippen LogP) is 0.623. The number of aliphatic hydroxyl groups excluding tert-OH is 1. The lowest BCUT2D eigenvalue weighted by atomic mass is 9.91. The minimum absolute atomic E-state index is 0.123. The zero-order valence-corrected chi connectivity index (χ0v) is 10.5. The molecule has 2 aromatic heterocycles. The number of fused-ring (bicyclic) bond motifs is 1. The Morgan fingerprint density at radius 2 is 2.22 bits per heavy atom. The third kappa shape index (κ3) is 2.08. The van der Waals surface area contributed by atoms with E-state index in [-0.39, 0.29) is 12.5 Å². The van der Waals surface area contributed by atoms with Crippen molar-refractivity contribution in [2.45, 2.75) is 12.6 Å². The Morgan fingerprint density at radius 3 is 2.89 bits per heavy atom. The van der Waals surface area contributed by atoms with Gasteiger partial charge in [0, 0.05) is 29.3 Å². The van der Waals surface area contributed by atoms with Crippen molar-refractivity contribution < 1.29 is 10.2 Å². The van der Waals surface area contributed by atoms with Crippen LogP contribution in [0.2, 0.25) is 0 Å². The molecule has 2 rings (SSSR count). The summed E-state index contributed by atoms with van der Waals surface area (Å²) in [6.07, 6.45) is 3.26. The quantitative estimate of drug-likeness (QED) is 0.690. The van der Waals surface area contributed by atoms with Crippen LogP contribution < -0.4 is 5.32 Å². The third-order valence-electron chi connectivity index (χ3n) is 3.26. The van der Waals surface area contributed by atoms with Gasteiger partial charge >= 0.3 is 0 Å². The lowest BCUT2D eigenvalue weighted by Gasteiger charge is -2.33. The number of rotatable bonds is 4. The second-order valence-electron chi connectivity index (χ2n) is 4.37. The smallest absolute Gasteiger partial charge is 0.159 e. The molecule has 5 heteroatoms. The predicted molar refractivity (Wildman–Crippen MR) is 68.7 cm³/mol. The van der Waals surface area contributed by atoms with Gasteiger partial charge in [-0.25, -0.2) is 9.97 Å². The first-order valence-electron chi connectivity index (χ1n) is 5.85. The molecule has 18 heavy (non-hydrogen) atoms. The van der Waals surface area contributed by atoms with E-state index < -0.39 is 5.72 Å². The van der Waals surface area contributed by atoms with Crippen molar-refractivity contribution in [3.05, 3.63) is 36.2 Å². The van der Waals surface area contributed by atoms with Crippen LogP contribution in [0, 0.1) is 5.92 Å². The molecular formula is C13H17N3O2. The maximum absolute atomic E-state index is 10.6. The molecule has 0 radical (unpaired) electrons. The topological polar surface area (TPSA) is 78.3 Å². The molecule has 0 aliphatic rings. The Labute approximate surface area is 106 Å². The third-order valence-corrected chi connectivity index (χ3v) is 3.26. The Balaban J connectivity index is 2.52. The van der Waals surface area contributed by atoms with E-state index in [1.807, 2.05) is 18.2 Å². The number of hydrogen-bond donors (Lipinski definition) is 3. The molecule has 0 aromatic carbocycles. The molecule has 0 bridgehead atoms. The van der Waals surface area contributed by atoms with E-state index in [0.29, 0.717) is 11.2 Å². The summed E-state index contributed by atoms with van der Waals surface area (Å²) in [7, 11) is 1.65. The van der Waals surface area contributed by atoms with E-state index in [1.165, 1.54) is 0 Å². The summed E-state index contributed by atoms with van der Waals surface area (Å²) in [4.78, 5) is 8.35. The number of pyridine rings is 2. The van der Waals surface area contributed by atoms with Gasteiger partial charge in [0.1, 0.15) is 5.72 Å². The van der Waals surface area contributed by atoms with Crippen LogP contribution in [0.1, 0.15) is 12.5 Å². The lowest BCUT2D eigenvalue weighted by molar-refractivity contribution is -0.0613. The van der Waals surface area contributed by atoms with Gasteiger partial charge in [-0.2, -0.15) is 0 Å². The lowest BCUT2D eigenvalue weighted by Crippen LogP contribution is -2.47. The van der Waals surface area contributed by atoms with Crippen LogP contribution in [0.5, 0.6) is 0 Å². The molecular weight excluding hydrogens is 230 g/mol. The molecule has 2 aromatic rings. The summed E-state index contributed by atoms with van der Waals surface area (Å²) in [5.41, 5.74) is -0.0467. The fourth-order valence-corrected chi connectivity index (χ4v) is 1.98. The van der Waals surface area contributed by atoms with Crippen molar-refractivity contribution in [1.82, 2.24) is 15.3 Å². The van der Waals surface area contributed by atoms with Crippen LogP contribution in [-0.2, 0) is 5.72 Å². The fraction of sp³-hybridized carbons (Fsp3) is 0.385. The molecule has 2 atom stereocenters. The number of aromatic nitrogens is 2. The van der Waals surface area contributed by atoms with Gasteiger partial charge in [0.25, 0.3) is 0 Å². The molecule has 2 unspecified atom stereocenters. The second-order valence-corrected chi connectivity index (χ2v) is 4.37. The van der Waals surface area contributed by atoms with Crippen molar-refractivity contribution in [3.8, 4) is 0 Å². The van der Waals surface area contributed by atoms with E-state index in [0.717, 1.165) is 5.39 Å². The van der Waals surface area contributed by atoms with Gasteiger partial charge in [0.2, 0.25) is 0 Å². The molecule has 0 aliphatic heterocycles. The van der Waals surface area contributed by atoms with E-state index in [1.54, 1.807) is 26.4 Å². The number of nitrogens with one attached hydrogen (secondary N) is 1. The van der Waals surface area contributed by atoms with Crippen molar-refractivity contribution in [3.63, 3.8) is 0 Å². The minimum atomic E-state index is -1.30. The van der Waals surface area contributed by atoms with Crippen molar-refractivity contribution in [2.75, 3.05) is 13.7 Å². The highest BCUT2D eigenvalue weighted by Crippen LogP contribution is 2.27. The largest absolute Gasteiger partial charge is 0.396 e.